The summed E-state index contributed by atoms with van der Waals surface area (Å²) in [7, 11) is 4.60. The van der Waals surface area contributed by atoms with E-state index in [4.69, 9.17) is 14.2 Å². The van der Waals surface area contributed by atoms with E-state index in [2.05, 4.69) is 21.2 Å². The normalized spacial score (nSPS) is 10.1. The van der Waals surface area contributed by atoms with Gasteiger partial charge in [0.25, 0.3) is 0 Å². The highest BCUT2D eigenvalue weighted by Gasteiger charge is 2.14. The van der Waals surface area contributed by atoms with Gasteiger partial charge < -0.3 is 19.5 Å². The quantitative estimate of drug-likeness (QED) is 0.831. The number of nitrogens with one attached hydrogen (secondary N) is 1. The minimum atomic E-state index is -0.127. The molecule has 0 saturated heterocycles. The van der Waals surface area contributed by atoms with Crippen molar-refractivity contribution in [3.05, 3.63) is 46.4 Å². The molecule has 0 atom stereocenters. The molecule has 2 aromatic carbocycles. The summed E-state index contributed by atoms with van der Waals surface area (Å²) in [6.07, 6.45) is 0.274. The van der Waals surface area contributed by atoms with Crippen LogP contribution in [0.4, 0.5) is 5.69 Å². The van der Waals surface area contributed by atoms with Crippen molar-refractivity contribution in [2.45, 2.75) is 6.42 Å². The van der Waals surface area contributed by atoms with Crippen LogP contribution in [-0.2, 0) is 11.2 Å². The predicted octanol–water partition coefficient (Wildman–Crippen LogP) is 3.66. The van der Waals surface area contributed by atoms with Crippen molar-refractivity contribution in [3.8, 4) is 17.2 Å². The molecule has 6 heteroatoms. The molecular formula is C17H18BrNO4. The van der Waals surface area contributed by atoms with Crippen LogP contribution in [0.25, 0.3) is 0 Å². The molecule has 0 aromatic heterocycles. The number of amides is 1. The monoisotopic (exact) mass is 379 g/mol. The Morgan fingerprint density at radius 1 is 1.04 bits per heavy atom. The smallest absolute Gasteiger partial charge is 0.228 e. The minimum Gasteiger partial charge on any atom is -0.493 e. The second kappa shape index (κ2) is 7.87. The van der Waals surface area contributed by atoms with Crippen molar-refractivity contribution < 1.29 is 19.0 Å². The van der Waals surface area contributed by atoms with Crippen LogP contribution in [0.2, 0.25) is 0 Å². The van der Waals surface area contributed by atoms with Gasteiger partial charge in [0.05, 0.1) is 27.8 Å². The van der Waals surface area contributed by atoms with E-state index < -0.39 is 0 Å². The predicted molar refractivity (Wildman–Crippen MR) is 92.6 cm³/mol. The molecule has 0 saturated carbocycles. The lowest BCUT2D eigenvalue weighted by molar-refractivity contribution is -0.115. The third-order valence-corrected chi connectivity index (χ3v) is 3.70. The molecular weight excluding hydrogens is 362 g/mol. The van der Waals surface area contributed by atoms with Gasteiger partial charge in [-0.1, -0.05) is 28.1 Å². The average molecular weight is 380 g/mol. The topological polar surface area (TPSA) is 56.8 Å². The molecule has 2 aromatic rings. The third-order valence-electron chi connectivity index (χ3n) is 3.20. The van der Waals surface area contributed by atoms with E-state index in [0.29, 0.717) is 22.9 Å². The summed E-state index contributed by atoms with van der Waals surface area (Å²) >= 11 is 3.39. The molecule has 5 nitrogen and oxygen atoms in total. The highest BCUT2D eigenvalue weighted by Crippen LogP contribution is 2.39. The van der Waals surface area contributed by atoms with Gasteiger partial charge in [0, 0.05) is 22.3 Å². The number of rotatable bonds is 6. The molecule has 0 heterocycles. The van der Waals surface area contributed by atoms with Gasteiger partial charge in [-0.05, 0) is 17.7 Å². The zero-order valence-electron chi connectivity index (χ0n) is 13.2. The Kier molecular flexibility index (Phi) is 5.87. The second-order valence-electron chi connectivity index (χ2n) is 4.77. The van der Waals surface area contributed by atoms with E-state index in [0.717, 1.165) is 10.0 Å². The summed E-state index contributed by atoms with van der Waals surface area (Å²) in [5.41, 5.74) is 1.50. The molecule has 0 bridgehead atoms. The molecule has 0 spiro atoms. The number of benzene rings is 2. The highest BCUT2D eigenvalue weighted by atomic mass is 79.9. The Labute approximate surface area is 143 Å². The van der Waals surface area contributed by atoms with E-state index >= 15 is 0 Å². The van der Waals surface area contributed by atoms with E-state index in [1.54, 1.807) is 12.1 Å². The molecule has 23 heavy (non-hydrogen) atoms. The summed E-state index contributed by atoms with van der Waals surface area (Å²) in [5, 5.41) is 2.84. The van der Waals surface area contributed by atoms with Gasteiger partial charge >= 0.3 is 0 Å². The molecule has 2 rings (SSSR count). The summed E-state index contributed by atoms with van der Waals surface area (Å²) in [6.45, 7) is 0. The summed E-state index contributed by atoms with van der Waals surface area (Å²) in [6, 6.07) is 11.0. The number of carbonyl (C=O) groups excluding carboxylic acids is 1. The Balaban J connectivity index is 2.17. The first-order valence-electron chi connectivity index (χ1n) is 6.91. The molecule has 1 N–H and O–H groups in total. The number of anilines is 1. The molecule has 0 fully saturated rings. The van der Waals surface area contributed by atoms with Crippen LogP contribution in [0, 0.1) is 0 Å². The number of hydrogen-bond donors (Lipinski definition) is 1. The number of ether oxygens (including phenoxy) is 3. The summed E-state index contributed by atoms with van der Waals surface area (Å²) < 4.78 is 16.7. The van der Waals surface area contributed by atoms with E-state index in [9.17, 15) is 4.79 Å². The Morgan fingerprint density at radius 3 is 2.22 bits per heavy atom. The van der Waals surface area contributed by atoms with Crippen molar-refractivity contribution in [2.24, 2.45) is 0 Å². The first-order valence-corrected chi connectivity index (χ1v) is 7.71. The number of methoxy groups -OCH3 is 3. The number of carbonyl (C=O) groups is 1. The average Bonchev–Trinajstić information content (AvgIpc) is 2.53. The fraction of sp³-hybridized carbons (Fsp3) is 0.235. The Bertz CT molecular complexity index is 678. The van der Waals surface area contributed by atoms with E-state index in [-0.39, 0.29) is 12.3 Å². The van der Waals surface area contributed by atoms with Gasteiger partial charge in [-0.3, -0.25) is 4.79 Å². The SMILES string of the molecule is COc1cc(NC(=O)Cc2cccc(Br)c2)cc(OC)c1OC. The van der Waals surface area contributed by atoms with Crippen LogP contribution in [0.5, 0.6) is 17.2 Å². The minimum absolute atomic E-state index is 0.127. The zero-order chi connectivity index (χ0) is 16.8. The first-order chi connectivity index (χ1) is 11.1. The maximum atomic E-state index is 12.2. The molecule has 122 valence electrons. The molecule has 0 aliphatic carbocycles. The van der Waals surface area contributed by atoms with Crippen LogP contribution >= 0.6 is 15.9 Å². The fourth-order valence-corrected chi connectivity index (χ4v) is 2.64. The van der Waals surface area contributed by atoms with Crippen LogP contribution in [0.15, 0.2) is 40.9 Å². The van der Waals surface area contributed by atoms with Crippen LogP contribution in [0.1, 0.15) is 5.56 Å². The van der Waals surface area contributed by atoms with Gasteiger partial charge in [0.15, 0.2) is 11.5 Å². The van der Waals surface area contributed by atoms with Crippen LogP contribution < -0.4 is 19.5 Å². The van der Waals surface area contributed by atoms with Crippen LogP contribution in [0.3, 0.4) is 0 Å². The summed E-state index contributed by atoms with van der Waals surface area (Å²) in [4.78, 5) is 12.2. The number of hydrogen-bond acceptors (Lipinski definition) is 4. The van der Waals surface area contributed by atoms with Crippen molar-refractivity contribution in [1.29, 1.82) is 0 Å². The van der Waals surface area contributed by atoms with Crippen molar-refractivity contribution in [1.82, 2.24) is 0 Å². The van der Waals surface area contributed by atoms with Crippen molar-refractivity contribution in [2.75, 3.05) is 26.6 Å². The summed E-state index contributed by atoms with van der Waals surface area (Å²) in [5.74, 6) is 1.34. The Hall–Kier alpha value is -2.21. The second-order valence-corrected chi connectivity index (χ2v) is 5.68. The van der Waals surface area contributed by atoms with Crippen LogP contribution in [-0.4, -0.2) is 27.2 Å². The van der Waals surface area contributed by atoms with Gasteiger partial charge in [0.1, 0.15) is 0 Å². The van der Waals surface area contributed by atoms with E-state index in [1.165, 1.54) is 21.3 Å². The molecule has 0 aliphatic heterocycles. The van der Waals surface area contributed by atoms with E-state index in [1.807, 2.05) is 24.3 Å². The van der Waals surface area contributed by atoms with Gasteiger partial charge in [-0.2, -0.15) is 0 Å². The number of halogens is 1. The van der Waals surface area contributed by atoms with Crippen molar-refractivity contribution >= 4 is 27.5 Å². The Morgan fingerprint density at radius 2 is 1.70 bits per heavy atom. The lowest BCUT2D eigenvalue weighted by Gasteiger charge is -2.14. The fourth-order valence-electron chi connectivity index (χ4n) is 2.19. The molecule has 0 aliphatic rings. The maximum Gasteiger partial charge on any atom is 0.228 e. The lowest BCUT2D eigenvalue weighted by atomic mass is 10.1. The van der Waals surface area contributed by atoms with Gasteiger partial charge in [-0.25, -0.2) is 0 Å². The zero-order valence-corrected chi connectivity index (χ0v) is 14.8. The molecule has 0 radical (unpaired) electrons. The van der Waals surface area contributed by atoms with Gasteiger partial charge in [0.2, 0.25) is 11.7 Å². The maximum absolute atomic E-state index is 12.2. The standard InChI is InChI=1S/C17H18BrNO4/c1-21-14-9-13(10-15(22-2)17(14)23-3)19-16(20)8-11-5-4-6-12(18)7-11/h4-7,9-10H,8H2,1-3H3,(H,19,20). The third kappa shape index (κ3) is 4.39. The molecule has 0 unspecified atom stereocenters. The highest BCUT2D eigenvalue weighted by molar-refractivity contribution is 9.10. The van der Waals surface area contributed by atoms with Gasteiger partial charge in [-0.15, -0.1) is 0 Å². The van der Waals surface area contributed by atoms with Crippen molar-refractivity contribution in [3.63, 3.8) is 0 Å². The largest absolute Gasteiger partial charge is 0.493 e. The lowest BCUT2D eigenvalue weighted by Crippen LogP contribution is -2.14. The molecule has 1 amide bonds. The first kappa shape index (κ1) is 17.1.